The first kappa shape index (κ1) is 21.1. The van der Waals surface area contributed by atoms with E-state index in [1.165, 1.54) is 6.07 Å². The SMILES string of the molecule is CC(C)CC(Oc1ccccc1)c1nc2ccc(-c3ccccc3S(N)(=O)=O)cc2[nH]1. The zero-order valence-corrected chi connectivity index (χ0v) is 18.3. The molecular weight excluding hydrogens is 410 g/mol. The average molecular weight is 436 g/mol. The number of fused-ring (bicyclic) bond motifs is 1. The molecule has 1 heterocycles. The Labute approximate surface area is 182 Å². The molecule has 0 bridgehead atoms. The molecule has 0 radical (unpaired) electrons. The van der Waals surface area contributed by atoms with Crippen LogP contribution in [0.3, 0.4) is 0 Å². The van der Waals surface area contributed by atoms with Crippen LogP contribution in [-0.2, 0) is 10.0 Å². The summed E-state index contributed by atoms with van der Waals surface area (Å²) in [5, 5.41) is 5.41. The van der Waals surface area contributed by atoms with Gasteiger partial charge in [0.15, 0.2) is 6.10 Å². The molecule has 0 aliphatic heterocycles. The number of primary sulfonamides is 1. The molecule has 3 aromatic carbocycles. The summed E-state index contributed by atoms with van der Waals surface area (Å²) >= 11 is 0. The number of H-pyrrole nitrogens is 1. The zero-order valence-electron chi connectivity index (χ0n) is 17.4. The third-order valence-corrected chi connectivity index (χ3v) is 5.99. The van der Waals surface area contributed by atoms with Crippen LogP contribution in [0.2, 0.25) is 0 Å². The van der Waals surface area contributed by atoms with Gasteiger partial charge >= 0.3 is 0 Å². The molecule has 1 aromatic heterocycles. The Kier molecular flexibility index (Phi) is 5.80. The summed E-state index contributed by atoms with van der Waals surface area (Å²) in [6.45, 7) is 4.29. The first-order chi connectivity index (χ1) is 14.8. The monoisotopic (exact) mass is 435 g/mol. The van der Waals surface area contributed by atoms with Crippen LogP contribution in [0.5, 0.6) is 5.75 Å². The van der Waals surface area contributed by atoms with E-state index in [0.29, 0.717) is 11.5 Å². The third kappa shape index (κ3) is 4.78. The first-order valence-corrected chi connectivity index (χ1v) is 11.7. The highest BCUT2D eigenvalue weighted by molar-refractivity contribution is 7.89. The number of para-hydroxylation sites is 1. The van der Waals surface area contributed by atoms with Gasteiger partial charge in [-0.05, 0) is 48.2 Å². The van der Waals surface area contributed by atoms with Crippen molar-refractivity contribution >= 4 is 21.1 Å². The van der Waals surface area contributed by atoms with E-state index in [-0.39, 0.29) is 11.0 Å². The summed E-state index contributed by atoms with van der Waals surface area (Å²) in [6.07, 6.45) is 0.575. The lowest BCUT2D eigenvalue weighted by molar-refractivity contribution is 0.169. The minimum atomic E-state index is -3.84. The number of sulfonamides is 1. The van der Waals surface area contributed by atoms with E-state index in [1.54, 1.807) is 18.2 Å². The molecule has 31 heavy (non-hydrogen) atoms. The van der Waals surface area contributed by atoms with Gasteiger partial charge in [0.2, 0.25) is 10.0 Å². The number of aromatic nitrogens is 2. The molecule has 1 unspecified atom stereocenters. The van der Waals surface area contributed by atoms with Gasteiger partial charge in [0.25, 0.3) is 0 Å². The highest BCUT2D eigenvalue weighted by Crippen LogP contribution is 2.31. The third-order valence-electron chi connectivity index (χ3n) is 5.02. The summed E-state index contributed by atoms with van der Waals surface area (Å²) < 4.78 is 30.2. The average Bonchev–Trinajstić information content (AvgIpc) is 3.16. The second-order valence-corrected chi connectivity index (χ2v) is 9.47. The Morgan fingerprint density at radius 3 is 2.42 bits per heavy atom. The number of hydrogen-bond acceptors (Lipinski definition) is 4. The maximum atomic E-state index is 12.0. The largest absolute Gasteiger partial charge is 0.483 e. The number of aromatic amines is 1. The van der Waals surface area contributed by atoms with Gasteiger partial charge in [0.1, 0.15) is 11.6 Å². The van der Waals surface area contributed by atoms with Crippen molar-refractivity contribution in [2.75, 3.05) is 0 Å². The summed E-state index contributed by atoms with van der Waals surface area (Å²) in [6, 6.07) is 22.0. The Bertz CT molecular complexity index is 1300. The van der Waals surface area contributed by atoms with Gasteiger partial charge in [-0.15, -0.1) is 0 Å². The van der Waals surface area contributed by atoms with Gasteiger partial charge in [0.05, 0.1) is 15.9 Å². The van der Waals surface area contributed by atoms with E-state index in [2.05, 4.69) is 18.8 Å². The summed E-state index contributed by atoms with van der Waals surface area (Å²) in [4.78, 5) is 8.21. The molecule has 0 spiro atoms. The van der Waals surface area contributed by atoms with Crippen molar-refractivity contribution in [1.29, 1.82) is 0 Å². The van der Waals surface area contributed by atoms with Crippen LogP contribution in [0, 0.1) is 5.92 Å². The fourth-order valence-electron chi connectivity index (χ4n) is 3.61. The predicted molar refractivity (Wildman–Crippen MR) is 122 cm³/mol. The molecule has 1 atom stereocenters. The van der Waals surface area contributed by atoms with Gasteiger partial charge in [-0.3, -0.25) is 0 Å². The van der Waals surface area contributed by atoms with Crippen LogP contribution in [0.15, 0.2) is 77.7 Å². The summed E-state index contributed by atoms with van der Waals surface area (Å²) in [5.74, 6) is 1.94. The molecule has 0 saturated heterocycles. The van der Waals surface area contributed by atoms with Crippen molar-refractivity contribution in [3.63, 3.8) is 0 Å². The van der Waals surface area contributed by atoms with Gasteiger partial charge in [0, 0.05) is 5.56 Å². The minimum Gasteiger partial charge on any atom is -0.483 e. The number of nitrogens with one attached hydrogen (secondary N) is 1. The molecule has 0 aliphatic rings. The van der Waals surface area contributed by atoms with Crippen molar-refractivity contribution in [3.05, 3.63) is 78.6 Å². The van der Waals surface area contributed by atoms with E-state index >= 15 is 0 Å². The van der Waals surface area contributed by atoms with Crippen molar-refractivity contribution in [2.24, 2.45) is 11.1 Å². The number of imidazole rings is 1. The van der Waals surface area contributed by atoms with Crippen LogP contribution in [-0.4, -0.2) is 18.4 Å². The standard InChI is InChI=1S/C24H25N3O3S/c1-16(2)14-22(30-18-8-4-3-5-9-18)24-26-20-13-12-17(15-21(20)27-24)19-10-6-7-11-23(19)31(25,28)29/h3-13,15-16,22H,14H2,1-2H3,(H,26,27)(H2,25,28,29). The van der Waals surface area contributed by atoms with E-state index in [0.717, 1.165) is 34.6 Å². The quantitative estimate of drug-likeness (QED) is 0.425. The van der Waals surface area contributed by atoms with Gasteiger partial charge in [-0.2, -0.15) is 0 Å². The molecule has 7 heteroatoms. The number of benzene rings is 3. The highest BCUT2D eigenvalue weighted by atomic mass is 32.2. The second kappa shape index (κ2) is 8.53. The van der Waals surface area contributed by atoms with E-state index in [4.69, 9.17) is 14.9 Å². The molecule has 0 amide bonds. The highest BCUT2D eigenvalue weighted by Gasteiger charge is 2.20. The summed E-state index contributed by atoms with van der Waals surface area (Å²) in [7, 11) is -3.84. The van der Waals surface area contributed by atoms with Crippen LogP contribution in [0.25, 0.3) is 22.2 Å². The number of rotatable bonds is 7. The lowest BCUT2D eigenvalue weighted by Crippen LogP contribution is -2.13. The molecule has 0 fully saturated rings. The zero-order chi connectivity index (χ0) is 22.0. The molecule has 4 rings (SSSR count). The van der Waals surface area contributed by atoms with Gasteiger partial charge < -0.3 is 9.72 Å². The topological polar surface area (TPSA) is 98.1 Å². The number of hydrogen-bond donors (Lipinski definition) is 2. The Morgan fingerprint density at radius 1 is 1.00 bits per heavy atom. The van der Waals surface area contributed by atoms with Crippen molar-refractivity contribution in [1.82, 2.24) is 9.97 Å². The molecule has 4 aromatic rings. The Hall–Kier alpha value is -3.16. The molecule has 160 valence electrons. The van der Waals surface area contributed by atoms with Crippen LogP contribution in [0.1, 0.15) is 32.2 Å². The number of ether oxygens (including phenoxy) is 1. The molecule has 0 saturated carbocycles. The predicted octanol–water partition coefficient (Wildman–Crippen LogP) is 5.04. The number of nitrogens with zero attached hydrogens (tertiary/aromatic N) is 1. The molecular formula is C24H25N3O3S. The normalized spacial score (nSPS) is 12.9. The molecule has 3 N–H and O–H groups in total. The maximum absolute atomic E-state index is 12.0. The van der Waals surface area contributed by atoms with Gasteiger partial charge in [-0.25, -0.2) is 18.5 Å². The van der Waals surface area contributed by atoms with Crippen molar-refractivity contribution < 1.29 is 13.2 Å². The van der Waals surface area contributed by atoms with Gasteiger partial charge in [-0.1, -0.05) is 56.3 Å². The molecule has 0 aliphatic carbocycles. The first-order valence-electron chi connectivity index (χ1n) is 10.1. The van der Waals surface area contributed by atoms with Crippen LogP contribution in [0.4, 0.5) is 0 Å². The minimum absolute atomic E-state index is 0.0965. The lowest BCUT2D eigenvalue weighted by Gasteiger charge is -2.19. The van der Waals surface area contributed by atoms with Crippen molar-refractivity contribution in [3.8, 4) is 16.9 Å². The smallest absolute Gasteiger partial charge is 0.238 e. The Balaban J connectivity index is 1.73. The van der Waals surface area contributed by atoms with Crippen molar-refractivity contribution in [2.45, 2.75) is 31.3 Å². The fraction of sp³-hybridized carbons (Fsp3) is 0.208. The maximum Gasteiger partial charge on any atom is 0.238 e. The molecule has 6 nitrogen and oxygen atoms in total. The summed E-state index contributed by atoms with van der Waals surface area (Å²) in [5.41, 5.74) is 2.90. The van der Waals surface area contributed by atoms with Crippen LogP contribution >= 0.6 is 0 Å². The second-order valence-electron chi connectivity index (χ2n) is 7.94. The van der Waals surface area contributed by atoms with Crippen LogP contribution < -0.4 is 9.88 Å². The lowest BCUT2D eigenvalue weighted by atomic mass is 10.1. The van der Waals surface area contributed by atoms with E-state index in [9.17, 15) is 8.42 Å². The Morgan fingerprint density at radius 2 is 1.71 bits per heavy atom. The number of nitrogens with two attached hydrogens (primary N) is 1. The van der Waals surface area contributed by atoms with E-state index in [1.807, 2.05) is 48.5 Å². The van der Waals surface area contributed by atoms with E-state index < -0.39 is 10.0 Å². The fourth-order valence-corrected chi connectivity index (χ4v) is 4.37.